The SMILES string of the molecule is CCNC(=NCC1CC1)NCCCOC(C)c1ccccc1. The van der Waals surface area contributed by atoms with Crippen LogP contribution in [0.3, 0.4) is 0 Å². The molecule has 2 N–H and O–H groups in total. The van der Waals surface area contributed by atoms with E-state index in [1.165, 1.54) is 18.4 Å². The van der Waals surface area contributed by atoms with Gasteiger partial charge >= 0.3 is 0 Å². The van der Waals surface area contributed by atoms with Crippen LogP contribution in [0.15, 0.2) is 35.3 Å². The van der Waals surface area contributed by atoms with Crippen molar-refractivity contribution in [3.8, 4) is 0 Å². The number of benzene rings is 1. The topological polar surface area (TPSA) is 45.7 Å². The van der Waals surface area contributed by atoms with Gasteiger partial charge in [0.1, 0.15) is 0 Å². The zero-order valence-corrected chi connectivity index (χ0v) is 13.8. The summed E-state index contributed by atoms with van der Waals surface area (Å²) < 4.78 is 5.88. The number of guanidine groups is 1. The van der Waals surface area contributed by atoms with Crippen LogP contribution >= 0.6 is 0 Å². The Morgan fingerprint density at radius 1 is 1.27 bits per heavy atom. The highest BCUT2D eigenvalue weighted by Gasteiger charge is 2.20. The molecule has 0 aliphatic heterocycles. The molecule has 1 fully saturated rings. The maximum absolute atomic E-state index is 5.88. The van der Waals surface area contributed by atoms with Crippen molar-refractivity contribution in [1.82, 2.24) is 10.6 Å². The molecule has 0 spiro atoms. The van der Waals surface area contributed by atoms with Gasteiger partial charge in [-0.25, -0.2) is 0 Å². The quantitative estimate of drug-likeness (QED) is 0.418. The molecule has 1 aromatic rings. The van der Waals surface area contributed by atoms with Gasteiger partial charge < -0.3 is 15.4 Å². The van der Waals surface area contributed by atoms with Gasteiger partial charge in [-0.3, -0.25) is 4.99 Å². The summed E-state index contributed by atoms with van der Waals surface area (Å²) >= 11 is 0. The minimum Gasteiger partial charge on any atom is -0.374 e. The fourth-order valence-electron chi connectivity index (χ4n) is 2.22. The van der Waals surface area contributed by atoms with Gasteiger partial charge in [0.25, 0.3) is 0 Å². The van der Waals surface area contributed by atoms with Gasteiger partial charge in [0.2, 0.25) is 0 Å². The van der Waals surface area contributed by atoms with Gasteiger partial charge in [0, 0.05) is 26.2 Å². The Kier molecular flexibility index (Phi) is 7.23. The predicted octanol–water partition coefficient (Wildman–Crippen LogP) is 3.12. The summed E-state index contributed by atoms with van der Waals surface area (Å²) in [4.78, 5) is 4.61. The van der Waals surface area contributed by atoms with Gasteiger partial charge in [-0.15, -0.1) is 0 Å². The van der Waals surface area contributed by atoms with Crippen LogP contribution in [0, 0.1) is 5.92 Å². The standard InChI is InChI=1S/C18H29N3O/c1-3-19-18(21-14-16-10-11-16)20-12-7-13-22-15(2)17-8-5-4-6-9-17/h4-6,8-9,15-16H,3,7,10-14H2,1-2H3,(H2,19,20,21). The molecule has 1 unspecified atom stereocenters. The van der Waals surface area contributed by atoms with E-state index in [0.717, 1.165) is 44.5 Å². The maximum atomic E-state index is 5.88. The third-order valence-corrected chi connectivity index (χ3v) is 3.80. The Balaban J connectivity index is 1.59. The second kappa shape index (κ2) is 9.46. The van der Waals surface area contributed by atoms with Crippen molar-refractivity contribution in [1.29, 1.82) is 0 Å². The Labute approximate surface area is 134 Å². The minimum atomic E-state index is 0.151. The van der Waals surface area contributed by atoms with E-state index >= 15 is 0 Å². The van der Waals surface area contributed by atoms with E-state index in [-0.39, 0.29) is 6.10 Å². The fourth-order valence-corrected chi connectivity index (χ4v) is 2.22. The van der Waals surface area contributed by atoms with Gasteiger partial charge in [0.15, 0.2) is 5.96 Å². The van der Waals surface area contributed by atoms with E-state index < -0.39 is 0 Å². The van der Waals surface area contributed by atoms with Crippen molar-refractivity contribution in [2.45, 2.75) is 39.2 Å². The van der Waals surface area contributed by atoms with Gasteiger partial charge in [-0.05, 0) is 44.6 Å². The first kappa shape index (κ1) is 16.8. The number of rotatable bonds is 9. The summed E-state index contributed by atoms with van der Waals surface area (Å²) in [5.74, 6) is 1.76. The third-order valence-electron chi connectivity index (χ3n) is 3.80. The largest absolute Gasteiger partial charge is 0.374 e. The molecule has 1 aromatic carbocycles. The van der Waals surface area contributed by atoms with Gasteiger partial charge in [-0.2, -0.15) is 0 Å². The van der Waals surface area contributed by atoms with Crippen molar-refractivity contribution in [3.05, 3.63) is 35.9 Å². The number of ether oxygens (including phenoxy) is 1. The second-order valence-electron chi connectivity index (χ2n) is 5.87. The molecular weight excluding hydrogens is 274 g/mol. The molecule has 4 nitrogen and oxygen atoms in total. The molecule has 0 aromatic heterocycles. The molecule has 4 heteroatoms. The average Bonchev–Trinajstić information content (AvgIpc) is 3.37. The molecule has 0 bridgehead atoms. The van der Waals surface area contributed by atoms with Crippen LogP contribution in [0.4, 0.5) is 0 Å². The summed E-state index contributed by atoms with van der Waals surface area (Å²) in [7, 11) is 0. The minimum absolute atomic E-state index is 0.151. The van der Waals surface area contributed by atoms with Crippen LogP contribution < -0.4 is 10.6 Å². The summed E-state index contributed by atoms with van der Waals surface area (Å²) in [6.45, 7) is 7.70. The van der Waals surface area contributed by atoms with Gasteiger partial charge in [-0.1, -0.05) is 30.3 Å². The Hall–Kier alpha value is -1.55. The first-order chi connectivity index (χ1) is 10.8. The number of hydrogen-bond donors (Lipinski definition) is 2. The van der Waals surface area contributed by atoms with E-state index in [1.54, 1.807) is 0 Å². The van der Waals surface area contributed by atoms with E-state index in [9.17, 15) is 0 Å². The highest BCUT2D eigenvalue weighted by atomic mass is 16.5. The smallest absolute Gasteiger partial charge is 0.191 e. The van der Waals surface area contributed by atoms with Crippen LogP contribution in [0.25, 0.3) is 0 Å². The lowest BCUT2D eigenvalue weighted by Crippen LogP contribution is -2.38. The summed E-state index contributed by atoms with van der Waals surface area (Å²) in [5.41, 5.74) is 1.23. The molecule has 0 heterocycles. The highest BCUT2D eigenvalue weighted by molar-refractivity contribution is 5.79. The molecule has 122 valence electrons. The number of nitrogens with zero attached hydrogens (tertiary/aromatic N) is 1. The number of hydrogen-bond acceptors (Lipinski definition) is 2. The van der Waals surface area contributed by atoms with E-state index in [2.05, 4.69) is 53.7 Å². The second-order valence-corrected chi connectivity index (χ2v) is 5.87. The van der Waals surface area contributed by atoms with E-state index in [4.69, 9.17) is 4.74 Å². The summed E-state index contributed by atoms with van der Waals surface area (Å²) in [6, 6.07) is 10.3. The highest BCUT2D eigenvalue weighted by Crippen LogP contribution is 2.28. The van der Waals surface area contributed by atoms with Crippen molar-refractivity contribution < 1.29 is 4.74 Å². The normalized spacial score (nSPS) is 16.4. The third kappa shape index (κ3) is 6.48. The Morgan fingerprint density at radius 2 is 2.05 bits per heavy atom. The molecule has 1 saturated carbocycles. The van der Waals surface area contributed by atoms with Crippen LogP contribution in [0.1, 0.15) is 44.8 Å². The lowest BCUT2D eigenvalue weighted by molar-refractivity contribution is 0.0646. The van der Waals surface area contributed by atoms with Crippen molar-refractivity contribution in [2.75, 3.05) is 26.2 Å². The molecule has 1 aliphatic rings. The fraction of sp³-hybridized carbons (Fsp3) is 0.611. The van der Waals surface area contributed by atoms with Crippen LogP contribution in [0.5, 0.6) is 0 Å². The molecule has 1 aliphatic carbocycles. The number of aliphatic imine (C=N–C) groups is 1. The van der Waals surface area contributed by atoms with E-state index in [0.29, 0.717) is 0 Å². The lowest BCUT2D eigenvalue weighted by Gasteiger charge is -2.14. The molecule has 0 radical (unpaired) electrons. The Morgan fingerprint density at radius 3 is 2.73 bits per heavy atom. The lowest BCUT2D eigenvalue weighted by atomic mass is 10.1. The van der Waals surface area contributed by atoms with Crippen molar-refractivity contribution in [2.24, 2.45) is 10.9 Å². The van der Waals surface area contributed by atoms with Crippen LogP contribution in [0.2, 0.25) is 0 Å². The molecule has 22 heavy (non-hydrogen) atoms. The molecule has 1 atom stereocenters. The molecule has 0 saturated heterocycles. The summed E-state index contributed by atoms with van der Waals surface area (Å²) in [5, 5.41) is 6.67. The number of nitrogens with one attached hydrogen (secondary N) is 2. The molecule has 0 amide bonds. The van der Waals surface area contributed by atoms with Crippen molar-refractivity contribution >= 4 is 5.96 Å². The monoisotopic (exact) mass is 303 g/mol. The molecular formula is C18H29N3O. The zero-order valence-electron chi connectivity index (χ0n) is 13.8. The molecule has 2 rings (SSSR count). The predicted molar refractivity (Wildman–Crippen MR) is 92.1 cm³/mol. The Bertz CT molecular complexity index is 443. The van der Waals surface area contributed by atoms with Crippen molar-refractivity contribution in [3.63, 3.8) is 0 Å². The first-order valence-electron chi connectivity index (χ1n) is 8.48. The zero-order chi connectivity index (χ0) is 15.6. The summed E-state index contributed by atoms with van der Waals surface area (Å²) in [6.07, 6.45) is 3.81. The first-order valence-corrected chi connectivity index (χ1v) is 8.48. The van der Waals surface area contributed by atoms with Gasteiger partial charge in [0.05, 0.1) is 6.10 Å². The maximum Gasteiger partial charge on any atom is 0.191 e. The van der Waals surface area contributed by atoms with E-state index in [1.807, 2.05) is 6.07 Å². The average molecular weight is 303 g/mol. The van der Waals surface area contributed by atoms with Crippen LogP contribution in [-0.2, 0) is 4.74 Å². The van der Waals surface area contributed by atoms with Crippen LogP contribution in [-0.4, -0.2) is 32.2 Å².